The predicted octanol–water partition coefficient (Wildman–Crippen LogP) is 3.19. The van der Waals surface area contributed by atoms with Crippen molar-refractivity contribution in [1.29, 1.82) is 0 Å². The van der Waals surface area contributed by atoms with E-state index in [2.05, 4.69) is 6.92 Å². The number of hydrogen-bond acceptors (Lipinski definition) is 6. The van der Waals surface area contributed by atoms with Gasteiger partial charge in [-0.2, -0.15) is 0 Å². The largest absolute Gasteiger partial charge is 0.501 e. The molecule has 0 N–H and O–H groups in total. The Hall–Kier alpha value is -0.0231. The summed E-state index contributed by atoms with van der Waals surface area (Å²) in [5.41, 5.74) is 0. The highest BCUT2D eigenvalue weighted by atomic mass is 28.4. The van der Waals surface area contributed by atoms with E-state index >= 15 is 0 Å². The smallest absolute Gasteiger partial charge is 0.374 e. The molecule has 134 valence electrons. The molecule has 0 radical (unpaired) electrons. The van der Waals surface area contributed by atoms with Crippen molar-refractivity contribution in [3.63, 3.8) is 0 Å². The van der Waals surface area contributed by atoms with Gasteiger partial charge in [0.05, 0.1) is 0 Å². The Morgan fingerprint density at radius 1 is 0.636 bits per heavy atom. The van der Waals surface area contributed by atoms with Crippen molar-refractivity contribution in [2.45, 2.75) is 60.0 Å². The van der Waals surface area contributed by atoms with Crippen LogP contribution in [0.25, 0.3) is 0 Å². The molecule has 0 aromatic carbocycles. The van der Waals surface area contributed by atoms with Crippen LogP contribution < -0.4 is 0 Å². The maximum absolute atomic E-state index is 6.09. The molecule has 0 aliphatic heterocycles. The summed E-state index contributed by atoms with van der Waals surface area (Å²) in [5.74, 6) is -1.20. The van der Waals surface area contributed by atoms with Crippen LogP contribution in [0.3, 0.4) is 0 Å². The lowest BCUT2D eigenvalue weighted by Crippen LogP contribution is -2.52. The first-order chi connectivity index (χ1) is 10.6. The highest BCUT2D eigenvalue weighted by Crippen LogP contribution is 2.23. The van der Waals surface area contributed by atoms with Gasteiger partial charge in [-0.25, -0.2) is 0 Å². The maximum Gasteiger partial charge on any atom is 0.501 e. The summed E-state index contributed by atoms with van der Waals surface area (Å²) in [6.45, 7) is 14.3. The first-order valence-corrected chi connectivity index (χ1v) is 10.3. The molecule has 0 bridgehead atoms. The Kier molecular flexibility index (Phi) is 12.4. The standard InChI is InChI=1S/C15H34O6Si/c1-7-13-22(19-11-5,20-12-6)21-14-15(16-8-2,17-9-3)18-10-4/h7-14H2,1-6H3. The summed E-state index contributed by atoms with van der Waals surface area (Å²) in [6.07, 6.45) is 0.928. The predicted molar refractivity (Wildman–Crippen MR) is 87.7 cm³/mol. The van der Waals surface area contributed by atoms with Gasteiger partial charge in [-0.1, -0.05) is 13.3 Å². The molecule has 0 heterocycles. The summed E-state index contributed by atoms with van der Waals surface area (Å²) >= 11 is 0. The molecular formula is C15H34O6Si. The fourth-order valence-electron chi connectivity index (χ4n) is 2.20. The van der Waals surface area contributed by atoms with Crippen LogP contribution in [-0.2, 0) is 27.5 Å². The van der Waals surface area contributed by atoms with E-state index in [9.17, 15) is 0 Å². The van der Waals surface area contributed by atoms with Crippen molar-refractivity contribution in [2.24, 2.45) is 0 Å². The number of rotatable bonds is 15. The second-order valence-corrected chi connectivity index (χ2v) is 7.30. The van der Waals surface area contributed by atoms with Gasteiger partial charge in [-0.05, 0) is 34.6 Å². The minimum absolute atomic E-state index is 0.134. The molecule has 0 aliphatic rings. The topological polar surface area (TPSA) is 55.4 Å². The average Bonchev–Trinajstić information content (AvgIpc) is 2.47. The summed E-state index contributed by atoms with van der Waals surface area (Å²) in [5, 5.41) is 0. The van der Waals surface area contributed by atoms with Crippen LogP contribution in [0, 0.1) is 0 Å². The maximum atomic E-state index is 6.09. The van der Waals surface area contributed by atoms with Crippen molar-refractivity contribution in [1.82, 2.24) is 0 Å². The zero-order valence-corrected chi connectivity index (χ0v) is 16.1. The summed E-state index contributed by atoms with van der Waals surface area (Å²) in [4.78, 5) is 0. The second kappa shape index (κ2) is 12.4. The monoisotopic (exact) mass is 338 g/mol. The van der Waals surface area contributed by atoms with Crippen molar-refractivity contribution in [3.05, 3.63) is 0 Å². The SMILES string of the molecule is CCC[Si](OCC)(OCC)OCC(OCC)(OCC)OCC. The molecule has 0 amide bonds. The zero-order valence-electron chi connectivity index (χ0n) is 15.1. The third-order valence-electron chi connectivity index (χ3n) is 2.85. The molecule has 22 heavy (non-hydrogen) atoms. The van der Waals surface area contributed by atoms with Crippen molar-refractivity contribution in [3.8, 4) is 0 Å². The highest BCUT2D eigenvalue weighted by Gasteiger charge is 2.44. The number of hydrogen-bond donors (Lipinski definition) is 0. The van der Waals surface area contributed by atoms with Gasteiger partial charge in [0.25, 0.3) is 0 Å². The van der Waals surface area contributed by atoms with Crippen molar-refractivity contribution in [2.75, 3.05) is 39.6 Å². The molecule has 0 atom stereocenters. The van der Waals surface area contributed by atoms with Crippen molar-refractivity contribution < 1.29 is 27.5 Å². The molecule has 0 unspecified atom stereocenters. The normalized spacial score (nSPS) is 12.8. The lowest BCUT2D eigenvalue weighted by molar-refractivity contribution is -0.387. The third kappa shape index (κ3) is 7.50. The van der Waals surface area contributed by atoms with E-state index in [4.69, 9.17) is 27.5 Å². The van der Waals surface area contributed by atoms with Gasteiger partial charge in [0.2, 0.25) is 0 Å². The van der Waals surface area contributed by atoms with Gasteiger partial charge in [0.1, 0.15) is 6.61 Å². The Morgan fingerprint density at radius 3 is 1.41 bits per heavy atom. The Morgan fingerprint density at radius 2 is 1.09 bits per heavy atom. The lowest BCUT2D eigenvalue weighted by atomic mass is 10.5. The lowest BCUT2D eigenvalue weighted by Gasteiger charge is -2.36. The van der Waals surface area contributed by atoms with Crippen LogP contribution in [0.4, 0.5) is 0 Å². The van der Waals surface area contributed by atoms with Gasteiger partial charge >= 0.3 is 14.8 Å². The fraction of sp³-hybridized carbons (Fsp3) is 1.00. The van der Waals surface area contributed by atoms with Gasteiger partial charge < -0.3 is 27.5 Å². The summed E-state index contributed by atoms with van der Waals surface area (Å²) in [6, 6.07) is 0.759. The molecule has 0 saturated heterocycles. The molecule has 0 fully saturated rings. The van der Waals surface area contributed by atoms with E-state index in [1.807, 2.05) is 34.6 Å². The molecule has 7 heteroatoms. The first kappa shape index (κ1) is 22.0. The quantitative estimate of drug-likeness (QED) is 0.338. The van der Waals surface area contributed by atoms with Gasteiger partial charge in [-0.3, -0.25) is 0 Å². The minimum Gasteiger partial charge on any atom is -0.374 e. The summed E-state index contributed by atoms with van der Waals surface area (Å²) in [7, 11) is -2.73. The molecule has 0 aromatic heterocycles. The molecule has 0 spiro atoms. The van der Waals surface area contributed by atoms with Crippen LogP contribution in [0.15, 0.2) is 0 Å². The Balaban J connectivity index is 5.04. The average molecular weight is 339 g/mol. The second-order valence-electron chi connectivity index (χ2n) is 4.57. The number of ether oxygens (including phenoxy) is 3. The van der Waals surface area contributed by atoms with Crippen LogP contribution >= 0.6 is 0 Å². The van der Waals surface area contributed by atoms with E-state index < -0.39 is 14.8 Å². The van der Waals surface area contributed by atoms with Crippen LogP contribution in [0.5, 0.6) is 0 Å². The molecule has 0 rings (SSSR count). The highest BCUT2D eigenvalue weighted by molar-refractivity contribution is 6.60. The zero-order chi connectivity index (χ0) is 16.9. The Labute approximate surface area is 136 Å². The van der Waals surface area contributed by atoms with Crippen LogP contribution in [-0.4, -0.2) is 54.4 Å². The van der Waals surface area contributed by atoms with Gasteiger partial charge in [0, 0.05) is 39.1 Å². The van der Waals surface area contributed by atoms with E-state index in [0.717, 1.165) is 12.5 Å². The van der Waals surface area contributed by atoms with Gasteiger partial charge in [0.15, 0.2) is 0 Å². The van der Waals surface area contributed by atoms with Crippen LogP contribution in [0.2, 0.25) is 6.04 Å². The molecule has 0 saturated carbocycles. The molecular weight excluding hydrogens is 304 g/mol. The Bertz CT molecular complexity index is 204. The molecule has 0 aliphatic carbocycles. The third-order valence-corrected chi connectivity index (χ3v) is 6.00. The van der Waals surface area contributed by atoms with E-state index in [-0.39, 0.29) is 6.61 Å². The van der Waals surface area contributed by atoms with E-state index in [0.29, 0.717) is 33.0 Å². The van der Waals surface area contributed by atoms with E-state index in [1.54, 1.807) is 0 Å². The van der Waals surface area contributed by atoms with E-state index in [1.165, 1.54) is 0 Å². The van der Waals surface area contributed by atoms with Gasteiger partial charge in [-0.15, -0.1) is 0 Å². The minimum atomic E-state index is -2.73. The molecule has 0 aromatic rings. The fourth-order valence-corrected chi connectivity index (χ4v) is 4.77. The molecule has 6 nitrogen and oxygen atoms in total. The summed E-state index contributed by atoms with van der Waals surface area (Å²) < 4.78 is 34.9. The van der Waals surface area contributed by atoms with Crippen molar-refractivity contribution >= 4 is 8.80 Å². The van der Waals surface area contributed by atoms with Crippen LogP contribution in [0.1, 0.15) is 48.0 Å². The first-order valence-electron chi connectivity index (χ1n) is 8.41.